The predicted octanol–water partition coefficient (Wildman–Crippen LogP) is 3.74. The average molecular weight is 453 g/mol. The van der Waals surface area contributed by atoms with Crippen molar-refractivity contribution in [1.82, 2.24) is 10.4 Å². The highest BCUT2D eigenvalue weighted by Gasteiger charge is 2.45. The van der Waals surface area contributed by atoms with Crippen molar-refractivity contribution in [3.8, 4) is 0 Å². The van der Waals surface area contributed by atoms with Crippen molar-refractivity contribution in [3.05, 3.63) is 41.5 Å². The van der Waals surface area contributed by atoms with Gasteiger partial charge in [0, 0.05) is 25.9 Å². The summed E-state index contributed by atoms with van der Waals surface area (Å²) >= 11 is 0. The fourth-order valence-corrected chi connectivity index (χ4v) is 4.53. The number of halogens is 3. The van der Waals surface area contributed by atoms with E-state index >= 15 is 0 Å². The molecule has 3 aliphatic rings. The number of carbonyl (C=O) groups is 2. The Morgan fingerprint density at radius 1 is 1.03 bits per heavy atom. The lowest BCUT2D eigenvalue weighted by Gasteiger charge is -2.39. The molecule has 174 valence electrons. The summed E-state index contributed by atoms with van der Waals surface area (Å²) in [6, 6.07) is 4.84. The van der Waals surface area contributed by atoms with E-state index in [1.807, 2.05) is 6.08 Å². The molecule has 2 fully saturated rings. The van der Waals surface area contributed by atoms with Gasteiger partial charge >= 0.3 is 12.3 Å². The molecule has 32 heavy (non-hydrogen) atoms. The number of amides is 2. The highest BCUT2D eigenvalue weighted by atomic mass is 19.4. The topological polar surface area (TPSA) is 93.9 Å². The second-order valence-electron chi connectivity index (χ2n) is 8.68. The number of nitrogens with two attached hydrogens (primary N) is 1. The molecule has 3 N–H and O–H groups in total. The Morgan fingerprint density at radius 2 is 1.66 bits per heavy atom. The van der Waals surface area contributed by atoms with E-state index in [0.29, 0.717) is 50.0 Å². The van der Waals surface area contributed by atoms with E-state index in [1.54, 1.807) is 0 Å². The Balaban J connectivity index is 1.38. The Hall–Kier alpha value is -2.75. The molecule has 2 amide bonds. The summed E-state index contributed by atoms with van der Waals surface area (Å²) in [5.41, 5.74) is 6.91. The second-order valence-corrected chi connectivity index (χ2v) is 8.68. The van der Waals surface area contributed by atoms with Crippen molar-refractivity contribution in [1.29, 1.82) is 0 Å². The summed E-state index contributed by atoms with van der Waals surface area (Å²) in [6.07, 6.45) is 1.30. The number of carbonyl (C=O) groups excluding carboxylic acids is 2. The maximum Gasteiger partial charge on any atom is 0.416 e. The number of nitrogens with zero attached hydrogens (tertiary/aromatic N) is 1. The minimum atomic E-state index is -4.39. The quantitative estimate of drug-likeness (QED) is 0.727. The number of hydrogen-bond donors (Lipinski definition) is 2. The number of hydrogen-bond acceptors (Lipinski definition) is 5. The van der Waals surface area contributed by atoms with Gasteiger partial charge in [0.25, 0.3) is 5.91 Å². The lowest BCUT2D eigenvalue weighted by molar-refractivity contribution is -0.142. The van der Waals surface area contributed by atoms with Crippen molar-refractivity contribution in [2.24, 2.45) is 5.73 Å². The van der Waals surface area contributed by atoms with Crippen molar-refractivity contribution >= 4 is 17.7 Å². The zero-order valence-electron chi connectivity index (χ0n) is 17.5. The molecule has 1 saturated carbocycles. The van der Waals surface area contributed by atoms with E-state index in [1.165, 1.54) is 17.0 Å². The average Bonchev–Trinajstić information content (AvgIpc) is 3.17. The molecule has 2 aliphatic heterocycles. The molecule has 1 saturated heterocycles. The molecular weight excluding hydrogens is 427 g/mol. The Kier molecular flexibility index (Phi) is 5.83. The first-order chi connectivity index (χ1) is 15.1. The third kappa shape index (κ3) is 4.41. The van der Waals surface area contributed by atoms with E-state index in [-0.39, 0.29) is 0 Å². The van der Waals surface area contributed by atoms with Crippen LogP contribution in [-0.4, -0.2) is 41.2 Å². The van der Waals surface area contributed by atoms with Crippen LogP contribution in [0.5, 0.6) is 0 Å². The highest BCUT2D eigenvalue weighted by molar-refractivity contribution is 5.86. The van der Waals surface area contributed by atoms with Crippen LogP contribution < -0.4 is 11.2 Å². The number of primary amides is 1. The molecule has 1 aromatic carbocycles. The van der Waals surface area contributed by atoms with E-state index in [9.17, 15) is 22.8 Å². The number of likely N-dealkylation sites (tertiary alicyclic amines) is 1. The number of alkyl halides is 3. The van der Waals surface area contributed by atoms with Gasteiger partial charge in [-0.25, -0.2) is 4.79 Å². The fraction of sp³-hybridized carbons (Fsp3) is 0.545. The molecule has 7 nitrogen and oxygen atoms in total. The minimum Gasteiger partial charge on any atom is -0.433 e. The van der Waals surface area contributed by atoms with E-state index < -0.39 is 34.9 Å². The molecule has 1 aromatic rings. The Labute approximate surface area is 183 Å². The number of benzene rings is 1. The first-order valence-electron chi connectivity index (χ1n) is 10.7. The Morgan fingerprint density at radius 3 is 2.22 bits per heavy atom. The van der Waals surface area contributed by atoms with Crippen LogP contribution in [0.25, 0.3) is 5.70 Å². The highest BCUT2D eigenvalue weighted by Crippen LogP contribution is 2.37. The molecule has 4 rings (SSSR count). The predicted molar refractivity (Wildman–Crippen MR) is 109 cm³/mol. The van der Waals surface area contributed by atoms with Gasteiger partial charge < -0.3 is 15.4 Å². The second kappa shape index (κ2) is 8.31. The largest absolute Gasteiger partial charge is 0.433 e. The summed E-state index contributed by atoms with van der Waals surface area (Å²) in [4.78, 5) is 32.0. The van der Waals surface area contributed by atoms with Gasteiger partial charge in [0.1, 0.15) is 5.60 Å². The zero-order valence-corrected chi connectivity index (χ0v) is 17.5. The van der Waals surface area contributed by atoms with Gasteiger partial charge in [-0.05, 0) is 49.5 Å². The van der Waals surface area contributed by atoms with Crippen LogP contribution in [0.15, 0.2) is 30.3 Å². The molecule has 0 radical (unpaired) electrons. The lowest BCUT2D eigenvalue weighted by atomic mass is 9.84. The van der Waals surface area contributed by atoms with Gasteiger partial charge in [0.05, 0.1) is 11.3 Å². The van der Waals surface area contributed by atoms with Crippen molar-refractivity contribution in [2.45, 2.75) is 62.3 Å². The first kappa shape index (κ1) is 22.4. The van der Waals surface area contributed by atoms with Crippen LogP contribution in [-0.2, 0) is 20.5 Å². The third-order valence-corrected chi connectivity index (χ3v) is 6.56. The fourth-order valence-electron chi connectivity index (χ4n) is 4.53. The third-order valence-electron chi connectivity index (χ3n) is 6.56. The van der Waals surface area contributed by atoms with Crippen LogP contribution in [0.4, 0.5) is 18.0 Å². The number of ether oxygens (including phenoxy) is 1. The van der Waals surface area contributed by atoms with Gasteiger partial charge in [-0.3, -0.25) is 15.1 Å². The van der Waals surface area contributed by atoms with Crippen LogP contribution in [0.2, 0.25) is 0 Å². The van der Waals surface area contributed by atoms with Crippen LogP contribution in [0.3, 0.4) is 0 Å². The molecular formula is C22H26F3N3O4. The SMILES string of the molecule is NC(=O)C1(OC(=O)N2CCC3(C=C(c4ccc(C(F)(F)F)cc4)NO3)CC2)CCCCC1. The first-order valence-corrected chi connectivity index (χ1v) is 10.7. The molecule has 2 heterocycles. The molecule has 0 unspecified atom stereocenters. The summed E-state index contributed by atoms with van der Waals surface area (Å²) in [5.74, 6) is -0.605. The monoisotopic (exact) mass is 453 g/mol. The molecule has 1 aliphatic carbocycles. The lowest BCUT2D eigenvalue weighted by Crippen LogP contribution is -2.53. The summed E-state index contributed by atoms with van der Waals surface area (Å²) in [5, 5.41) is 0. The maximum absolute atomic E-state index is 12.8. The van der Waals surface area contributed by atoms with Gasteiger partial charge in [-0.15, -0.1) is 0 Å². The molecule has 1 spiro atoms. The smallest absolute Gasteiger partial charge is 0.416 e. The van der Waals surface area contributed by atoms with Gasteiger partial charge in [0.15, 0.2) is 5.60 Å². The van der Waals surface area contributed by atoms with Crippen molar-refractivity contribution in [3.63, 3.8) is 0 Å². The maximum atomic E-state index is 12.8. The van der Waals surface area contributed by atoms with Crippen molar-refractivity contribution in [2.75, 3.05) is 13.1 Å². The van der Waals surface area contributed by atoms with Crippen LogP contribution in [0.1, 0.15) is 56.1 Å². The Bertz CT molecular complexity index is 900. The van der Waals surface area contributed by atoms with Gasteiger partial charge in [-0.2, -0.15) is 13.2 Å². The normalized spacial score (nSPS) is 22.2. The zero-order chi connectivity index (χ0) is 23.0. The van der Waals surface area contributed by atoms with Gasteiger partial charge in [0.2, 0.25) is 0 Å². The summed E-state index contributed by atoms with van der Waals surface area (Å²) < 4.78 is 43.9. The number of piperidine rings is 1. The van der Waals surface area contributed by atoms with E-state index in [0.717, 1.165) is 31.4 Å². The van der Waals surface area contributed by atoms with Gasteiger partial charge in [-0.1, -0.05) is 18.6 Å². The number of rotatable bonds is 3. The molecule has 0 atom stereocenters. The van der Waals surface area contributed by atoms with Crippen molar-refractivity contribution < 1.29 is 32.3 Å². The van der Waals surface area contributed by atoms with E-state index in [2.05, 4.69) is 5.48 Å². The molecule has 0 aromatic heterocycles. The van der Waals surface area contributed by atoms with E-state index in [4.69, 9.17) is 15.3 Å². The standard InChI is InChI=1S/C22H26F3N3O4/c23-22(24,25)16-6-4-15(5-7-16)17-14-20(32-27-17)10-12-28(13-11-20)19(30)31-21(18(26)29)8-2-1-3-9-21/h4-7,14,27H,1-3,8-13H2,(H2,26,29). The molecule has 10 heteroatoms. The summed E-state index contributed by atoms with van der Waals surface area (Å²) in [7, 11) is 0. The minimum absolute atomic E-state index is 0.353. The number of nitrogens with one attached hydrogen (secondary N) is 1. The number of hydroxylamine groups is 1. The summed E-state index contributed by atoms with van der Waals surface area (Å²) in [6.45, 7) is 0.707. The molecule has 0 bridgehead atoms. The van der Waals surface area contributed by atoms with Crippen LogP contribution in [0, 0.1) is 0 Å². The van der Waals surface area contributed by atoms with Crippen LogP contribution >= 0.6 is 0 Å².